The van der Waals surface area contributed by atoms with E-state index in [0.29, 0.717) is 17.5 Å². The van der Waals surface area contributed by atoms with Crippen LogP contribution in [0.15, 0.2) is 73.2 Å². The Labute approximate surface area is 165 Å². The molecule has 3 heterocycles. The molecular weight excluding hydrogens is 434 g/mol. The molecule has 3 aromatic rings. The van der Waals surface area contributed by atoms with Gasteiger partial charge in [-0.15, -0.1) is 0 Å². The van der Waals surface area contributed by atoms with Crippen molar-refractivity contribution >= 4 is 17.5 Å². The normalized spacial score (nSPS) is 7.85. The smallest absolute Gasteiger partial charge is 0.384 e. The SMILES string of the molecule is Nc1ccccn1.Nc1ccccn1.Nc1ccccn1.O=[N+]([O-])[O-].[Ag+]. The quantitative estimate of drug-likeness (QED) is 0.260. The number of rotatable bonds is 0. The molecular formula is C15H18AgN7O3. The van der Waals surface area contributed by atoms with Gasteiger partial charge in [-0.3, -0.25) is 0 Å². The van der Waals surface area contributed by atoms with Crippen molar-refractivity contribution in [1.29, 1.82) is 0 Å². The van der Waals surface area contributed by atoms with Crippen LogP contribution in [0.3, 0.4) is 0 Å². The Bertz CT molecular complexity index is 598. The Morgan fingerprint density at radius 1 is 0.654 bits per heavy atom. The summed E-state index contributed by atoms with van der Waals surface area (Å²) in [5.74, 6) is 1.72. The number of aromatic nitrogens is 3. The van der Waals surface area contributed by atoms with Crippen LogP contribution in [-0.4, -0.2) is 20.0 Å². The van der Waals surface area contributed by atoms with Crippen LogP contribution in [0.1, 0.15) is 0 Å². The van der Waals surface area contributed by atoms with Gasteiger partial charge in [-0.1, -0.05) is 18.2 Å². The minimum atomic E-state index is -1.75. The van der Waals surface area contributed by atoms with Crippen molar-refractivity contribution in [3.8, 4) is 0 Å². The van der Waals surface area contributed by atoms with Crippen LogP contribution in [0.25, 0.3) is 0 Å². The maximum Gasteiger partial charge on any atom is 1.00 e. The predicted molar refractivity (Wildman–Crippen MR) is 96.3 cm³/mol. The van der Waals surface area contributed by atoms with Crippen molar-refractivity contribution in [2.75, 3.05) is 17.2 Å². The van der Waals surface area contributed by atoms with Gasteiger partial charge in [0.15, 0.2) is 0 Å². The van der Waals surface area contributed by atoms with Crippen LogP contribution in [0.2, 0.25) is 0 Å². The first-order chi connectivity index (χ1) is 11.9. The van der Waals surface area contributed by atoms with Crippen molar-refractivity contribution in [3.05, 3.63) is 88.5 Å². The van der Waals surface area contributed by atoms with Crippen LogP contribution in [0, 0.1) is 15.3 Å². The van der Waals surface area contributed by atoms with E-state index in [1.165, 1.54) is 0 Å². The molecule has 0 saturated heterocycles. The van der Waals surface area contributed by atoms with Gasteiger partial charge in [0.25, 0.3) is 0 Å². The van der Waals surface area contributed by atoms with Crippen molar-refractivity contribution in [3.63, 3.8) is 0 Å². The zero-order chi connectivity index (χ0) is 18.9. The number of nitrogens with zero attached hydrogens (tertiary/aromatic N) is 4. The van der Waals surface area contributed by atoms with E-state index in [4.69, 9.17) is 32.5 Å². The summed E-state index contributed by atoms with van der Waals surface area (Å²) in [6.45, 7) is 0. The molecule has 0 aliphatic carbocycles. The topological polar surface area (TPSA) is 183 Å². The fourth-order valence-corrected chi connectivity index (χ4v) is 1.13. The van der Waals surface area contributed by atoms with Gasteiger partial charge in [-0.25, -0.2) is 15.0 Å². The molecule has 0 aliphatic heterocycles. The first kappa shape index (κ1) is 25.0. The first-order valence-corrected chi connectivity index (χ1v) is 6.73. The Morgan fingerprint density at radius 2 is 0.885 bits per heavy atom. The number of anilines is 3. The second-order valence-corrected chi connectivity index (χ2v) is 3.99. The van der Waals surface area contributed by atoms with E-state index < -0.39 is 5.09 Å². The molecule has 0 bridgehead atoms. The molecule has 0 saturated carbocycles. The van der Waals surface area contributed by atoms with Crippen LogP contribution >= 0.6 is 0 Å². The summed E-state index contributed by atoms with van der Waals surface area (Å²) in [7, 11) is 0. The molecule has 0 amide bonds. The monoisotopic (exact) mass is 451 g/mol. The van der Waals surface area contributed by atoms with Crippen LogP contribution in [-0.2, 0) is 22.4 Å². The van der Waals surface area contributed by atoms with E-state index in [1.807, 2.05) is 36.4 Å². The van der Waals surface area contributed by atoms with Crippen LogP contribution in [0.4, 0.5) is 17.5 Å². The summed E-state index contributed by atoms with van der Waals surface area (Å²) in [4.78, 5) is 19.5. The first-order valence-electron chi connectivity index (χ1n) is 6.73. The summed E-state index contributed by atoms with van der Waals surface area (Å²) in [6, 6.07) is 16.3. The summed E-state index contributed by atoms with van der Waals surface area (Å²) in [6.07, 6.45) is 4.99. The number of nitrogen functional groups attached to an aromatic ring is 3. The van der Waals surface area contributed by atoms with Crippen molar-refractivity contribution < 1.29 is 27.5 Å². The average Bonchev–Trinajstić information content (AvgIpc) is 2.58. The van der Waals surface area contributed by atoms with Gasteiger partial charge in [-0.05, 0) is 36.4 Å². The molecule has 0 aliphatic rings. The van der Waals surface area contributed by atoms with Crippen LogP contribution < -0.4 is 17.2 Å². The zero-order valence-electron chi connectivity index (χ0n) is 13.5. The third-order valence-electron chi connectivity index (χ3n) is 2.06. The van der Waals surface area contributed by atoms with Gasteiger partial charge in [0.1, 0.15) is 17.5 Å². The van der Waals surface area contributed by atoms with Gasteiger partial charge >= 0.3 is 22.4 Å². The second kappa shape index (κ2) is 16.6. The minimum absolute atomic E-state index is 0. The van der Waals surface area contributed by atoms with Gasteiger partial charge in [0.05, 0.1) is 5.09 Å². The molecule has 0 atom stereocenters. The fraction of sp³-hybridized carbons (Fsp3) is 0. The molecule has 26 heavy (non-hydrogen) atoms. The van der Waals surface area contributed by atoms with E-state index in [9.17, 15) is 0 Å². The summed E-state index contributed by atoms with van der Waals surface area (Å²) in [5.41, 5.74) is 15.7. The van der Waals surface area contributed by atoms with E-state index >= 15 is 0 Å². The standard InChI is InChI=1S/3C5H6N2.Ag.NO3/c3*6-5-3-1-2-4-7-5;;2-1(3)4/h3*1-4H,(H2,6,7);;/q;;;+1;-1. The number of pyridine rings is 3. The Hall–Kier alpha value is -3.21. The molecule has 0 fully saturated rings. The molecule has 142 valence electrons. The molecule has 0 aromatic carbocycles. The number of nitrogens with two attached hydrogens (primary N) is 3. The molecule has 6 N–H and O–H groups in total. The molecule has 0 unspecified atom stereocenters. The maximum absolute atomic E-state index is 8.25. The van der Waals surface area contributed by atoms with Gasteiger partial charge in [0.2, 0.25) is 0 Å². The molecule has 3 rings (SSSR count). The van der Waals surface area contributed by atoms with Gasteiger partial charge in [-0.2, -0.15) is 0 Å². The van der Waals surface area contributed by atoms with Crippen molar-refractivity contribution in [2.24, 2.45) is 0 Å². The predicted octanol–water partition coefficient (Wildman–Crippen LogP) is 1.75. The molecule has 0 radical (unpaired) electrons. The summed E-state index contributed by atoms with van der Waals surface area (Å²) >= 11 is 0. The number of hydrogen-bond donors (Lipinski definition) is 3. The third-order valence-corrected chi connectivity index (χ3v) is 2.06. The van der Waals surface area contributed by atoms with Crippen molar-refractivity contribution in [1.82, 2.24) is 15.0 Å². The van der Waals surface area contributed by atoms with Crippen LogP contribution in [0.5, 0.6) is 0 Å². The molecule has 0 spiro atoms. The summed E-state index contributed by atoms with van der Waals surface area (Å²) < 4.78 is 0. The minimum Gasteiger partial charge on any atom is -0.384 e. The van der Waals surface area contributed by atoms with E-state index in [-0.39, 0.29) is 22.4 Å². The van der Waals surface area contributed by atoms with Crippen molar-refractivity contribution in [2.45, 2.75) is 0 Å². The third kappa shape index (κ3) is 18.8. The molecule has 11 heteroatoms. The maximum atomic E-state index is 8.25. The van der Waals surface area contributed by atoms with E-state index in [1.54, 1.807) is 36.8 Å². The second-order valence-electron chi connectivity index (χ2n) is 3.99. The van der Waals surface area contributed by atoms with E-state index in [0.717, 1.165) is 0 Å². The van der Waals surface area contributed by atoms with Gasteiger partial charge in [0, 0.05) is 18.6 Å². The molecule has 10 nitrogen and oxygen atoms in total. The summed E-state index contributed by atoms with van der Waals surface area (Å²) in [5, 5.41) is 14.8. The van der Waals surface area contributed by atoms with E-state index in [2.05, 4.69) is 15.0 Å². The Balaban J connectivity index is 0. The largest absolute Gasteiger partial charge is 1.00 e. The Kier molecular flexibility index (Phi) is 16.0. The van der Waals surface area contributed by atoms with Gasteiger partial charge < -0.3 is 32.5 Å². The fourth-order valence-electron chi connectivity index (χ4n) is 1.13. The number of hydrogen-bond acceptors (Lipinski definition) is 9. The molecule has 3 aromatic heterocycles. The Morgan fingerprint density at radius 3 is 0.962 bits per heavy atom. The zero-order valence-corrected chi connectivity index (χ0v) is 15.0. The average molecular weight is 452 g/mol.